The number of carboxylic acid groups (broad SMARTS) is 1. The van der Waals surface area contributed by atoms with Crippen molar-refractivity contribution in [1.82, 2.24) is 0 Å². The summed E-state index contributed by atoms with van der Waals surface area (Å²) in [5, 5.41) is 37.2. The number of carboxylic acids is 1. The first-order valence-corrected chi connectivity index (χ1v) is 30.2. The number of aromatic carboxylic acids is 1. The van der Waals surface area contributed by atoms with Crippen molar-refractivity contribution in [3.8, 4) is 34.5 Å². The van der Waals surface area contributed by atoms with E-state index in [1.54, 1.807) is 66.7 Å². The summed E-state index contributed by atoms with van der Waals surface area (Å²) in [5.41, 5.74) is 14.1. The number of nitro benzene ring substituents is 2. The average Bonchev–Trinajstić information content (AvgIpc) is 0.819. The maximum atomic E-state index is 13.0. The number of nitrogens with one attached hydrogen (secondary N) is 2. The van der Waals surface area contributed by atoms with Gasteiger partial charge in [-0.1, -0.05) is 117 Å². The van der Waals surface area contributed by atoms with Gasteiger partial charge in [-0.2, -0.15) is 0 Å². The molecule has 0 aromatic heterocycles. The van der Waals surface area contributed by atoms with Crippen LogP contribution in [-0.4, -0.2) is 110 Å². The average molecular weight is 1350 g/mol. The van der Waals surface area contributed by atoms with Crippen LogP contribution in [0, 0.1) is 38.0 Å². The van der Waals surface area contributed by atoms with Gasteiger partial charge < -0.3 is 69.8 Å². The number of nitrogens with zero attached hydrogens (tertiary/aromatic N) is 2. The molecule has 0 aliphatic heterocycles. The predicted octanol–water partition coefficient (Wildman–Crippen LogP) is 13.8. The van der Waals surface area contributed by atoms with Crippen molar-refractivity contribution < 1.29 is 86.4 Å². The Morgan fingerprint density at radius 2 is 0.714 bits per heavy atom. The second kappa shape index (κ2) is 42.2. The Hall–Kier alpha value is -12.2. The Balaban J connectivity index is 0.000000357. The Morgan fingerprint density at radius 1 is 0.418 bits per heavy atom. The fraction of sp³-hybridized carbons (Fsp3) is 0.250. The second-order valence-electron chi connectivity index (χ2n) is 21.5. The molecule has 98 heavy (non-hydrogen) atoms. The number of nitro groups is 2. The molecule has 0 heterocycles. The molecule has 0 atom stereocenters. The SMILES string of the molecule is C=CCOC(=O)c1ccc(N)cc1.C=CCOC(=O)c1ccc(NC(=O)c2ccc(N)c(OCC(C)C)c2OCC=C)cc1.C=CCOC(=O)c1ccc(NC(=O)c2ccc([N+](=O)[O-])c(OCC(C)C)c2OCC=C)cc1.C=CCOc1c(C(=O)O)ccc([N+](=O)[O-])c1OCC(C)C. The third-order valence-corrected chi connectivity index (χ3v) is 12.1. The number of hydrogen-bond donors (Lipinski definition) is 5. The molecule has 0 bridgehead atoms. The molecule has 26 nitrogen and oxygen atoms in total. The largest absolute Gasteiger partial charge is 0.487 e. The summed E-state index contributed by atoms with van der Waals surface area (Å²) in [5.74, 6) is -3.03. The Bertz CT molecular complexity index is 3750. The molecule has 520 valence electrons. The monoisotopic (exact) mass is 1350 g/mol. The van der Waals surface area contributed by atoms with Crippen molar-refractivity contribution in [2.75, 3.05) is 81.6 Å². The zero-order chi connectivity index (χ0) is 72.9. The number of ether oxygens (including phenoxy) is 9. The highest BCUT2D eigenvalue weighted by atomic mass is 16.6. The summed E-state index contributed by atoms with van der Waals surface area (Å²) in [6.07, 6.45) is 8.91. The summed E-state index contributed by atoms with van der Waals surface area (Å²) >= 11 is 0. The van der Waals surface area contributed by atoms with Gasteiger partial charge in [-0.25, -0.2) is 19.2 Å². The lowest BCUT2D eigenvalue weighted by Gasteiger charge is -2.18. The highest BCUT2D eigenvalue weighted by Crippen LogP contribution is 2.43. The van der Waals surface area contributed by atoms with Crippen LogP contribution >= 0.6 is 0 Å². The third-order valence-electron chi connectivity index (χ3n) is 12.1. The fourth-order valence-corrected chi connectivity index (χ4v) is 7.58. The number of amides is 2. The molecule has 0 unspecified atom stereocenters. The van der Waals surface area contributed by atoms with E-state index in [4.69, 9.17) is 59.2 Å². The molecule has 2 amide bonds. The van der Waals surface area contributed by atoms with Gasteiger partial charge >= 0.3 is 35.3 Å². The van der Waals surface area contributed by atoms with E-state index in [2.05, 4.69) is 50.1 Å². The van der Waals surface area contributed by atoms with Crippen LogP contribution in [0.5, 0.6) is 34.5 Å². The normalized spacial score (nSPS) is 10.1. The highest BCUT2D eigenvalue weighted by molar-refractivity contribution is 6.08. The molecule has 6 aromatic rings. The molecule has 0 aliphatic carbocycles. The zero-order valence-corrected chi connectivity index (χ0v) is 55.4. The van der Waals surface area contributed by atoms with Gasteiger partial charge in [0.05, 0.1) is 63.2 Å². The first kappa shape index (κ1) is 80.0. The lowest BCUT2D eigenvalue weighted by atomic mass is 10.1. The molecule has 6 rings (SSSR count). The van der Waals surface area contributed by atoms with Gasteiger partial charge in [0.1, 0.15) is 45.2 Å². The number of anilines is 4. The van der Waals surface area contributed by atoms with Gasteiger partial charge in [0.15, 0.2) is 23.0 Å². The Morgan fingerprint density at radius 3 is 1.03 bits per heavy atom. The van der Waals surface area contributed by atoms with Crippen LogP contribution in [0.15, 0.2) is 185 Å². The summed E-state index contributed by atoms with van der Waals surface area (Å²) in [6, 6.07) is 26.9. The molecule has 7 N–H and O–H groups in total. The van der Waals surface area contributed by atoms with Gasteiger partial charge in [0.2, 0.25) is 11.5 Å². The van der Waals surface area contributed by atoms with E-state index < -0.39 is 39.6 Å². The molecule has 0 spiro atoms. The Kier molecular flexibility index (Phi) is 34.4. The van der Waals surface area contributed by atoms with Gasteiger partial charge in [-0.05, 0) is 115 Å². The number of hydrogen-bond acceptors (Lipinski definition) is 21. The van der Waals surface area contributed by atoms with Crippen molar-refractivity contribution in [2.45, 2.75) is 41.5 Å². The molecule has 0 saturated heterocycles. The number of rotatable bonds is 34. The second-order valence-corrected chi connectivity index (χ2v) is 21.5. The Labute approximate surface area is 568 Å². The standard InChI is InChI=1S/C24H26N2O7.C24H28N2O5.C14H17NO6.C10H11NO2/c1-5-13-31-21-19(11-12-20(26(29)30)22(21)33-15-16(3)4)23(27)25-18-9-7-17(8-10-18)24(28)32-14-6-2;1-5-13-29-21-19(11-12-20(25)22(21)31-15-16(3)4)23(27)26-18-9-7-17(8-10-18)24(28)30-14-6-2;1-4-7-20-12-10(14(16)17)5-6-11(15(18)19)13(12)21-8-9(2)3;1-2-7-13-10(12)8-3-5-9(11)6-4-8/h5-12,16H,1-2,13-15H2,3-4H3,(H,25,27);5-12,16H,1-2,13-15,25H2,3-4H3,(H,26,27);4-6,9H,1,7-8H2,2-3H3,(H,16,17);2-6H,1,7,11H2. The summed E-state index contributed by atoms with van der Waals surface area (Å²) in [6.45, 7) is 34.1. The predicted molar refractivity (Wildman–Crippen MR) is 373 cm³/mol. The fourth-order valence-electron chi connectivity index (χ4n) is 7.58. The minimum absolute atomic E-state index is 0.0134. The molecule has 0 saturated carbocycles. The van der Waals surface area contributed by atoms with Gasteiger partial charge in [0, 0.05) is 29.2 Å². The van der Waals surface area contributed by atoms with Crippen LogP contribution in [0.25, 0.3) is 0 Å². The van der Waals surface area contributed by atoms with Gasteiger partial charge in [-0.15, -0.1) is 0 Å². The van der Waals surface area contributed by atoms with Crippen molar-refractivity contribution in [2.24, 2.45) is 17.8 Å². The molecule has 0 fully saturated rings. The van der Waals surface area contributed by atoms with Crippen molar-refractivity contribution in [1.29, 1.82) is 0 Å². The quantitative estimate of drug-likeness (QED) is 0.00625. The van der Waals surface area contributed by atoms with Crippen molar-refractivity contribution in [3.63, 3.8) is 0 Å². The molecule has 6 aromatic carbocycles. The van der Waals surface area contributed by atoms with Crippen molar-refractivity contribution >= 4 is 69.8 Å². The van der Waals surface area contributed by atoms with Crippen LogP contribution < -0.4 is 50.5 Å². The minimum atomic E-state index is -1.25. The van der Waals surface area contributed by atoms with E-state index in [0.29, 0.717) is 51.8 Å². The third kappa shape index (κ3) is 26.3. The minimum Gasteiger partial charge on any atom is -0.487 e. The van der Waals surface area contributed by atoms with E-state index >= 15 is 0 Å². The molecule has 0 radical (unpaired) electrons. The first-order valence-electron chi connectivity index (χ1n) is 30.2. The number of carbonyl (C=O) groups is 6. The molecular formula is C72H82N6O20. The topological polar surface area (TPSA) is 368 Å². The van der Waals surface area contributed by atoms with Crippen LogP contribution in [0.3, 0.4) is 0 Å². The van der Waals surface area contributed by atoms with Crippen LogP contribution in [0.4, 0.5) is 34.1 Å². The molecular weight excluding hydrogens is 1270 g/mol. The smallest absolute Gasteiger partial charge is 0.339 e. The summed E-state index contributed by atoms with van der Waals surface area (Å²) in [4.78, 5) is 93.5. The summed E-state index contributed by atoms with van der Waals surface area (Å²) in [7, 11) is 0. The zero-order valence-electron chi connectivity index (χ0n) is 55.4. The lowest BCUT2D eigenvalue weighted by Crippen LogP contribution is -2.16. The molecule has 26 heteroatoms. The van der Waals surface area contributed by atoms with Crippen molar-refractivity contribution in [3.05, 3.63) is 239 Å². The number of carbonyl (C=O) groups excluding carboxylic acids is 5. The van der Waals surface area contributed by atoms with E-state index in [-0.39, 0.29) is 133 Å². The van der Waals surface area contributed by atoms with Crippen LogP contribution in [-0.2, 0) is 14.2 Å². The van der Waals surface area contributed by atoms with Crippen LogP contribution in [0.2, 0.25) is 0 Å². The van der Waals surface area contributed by atoms with Crippen LogP contribution in [0.1, 0.15) is 104 Å². The highest BCUT2D eigenvalue weighted by Gasteiger charge is 2.29. The maximum Gasteiger partial charge on any atom is 0.339 e. The van der Waals surface area contributed by atoms with E-state index in [0.717, 1.165) is 12.1 Å². The van der Waals surface area contributed by atoms with Gasteiger partial charge in [0.25, 0.3) is 11.8 Å². The number of nitrogens with two attached hydrogens (primary N) is 2. The molecule has 0 aliphatic rings. The number of benzene rings is 6. The van der Waals surface area contributed by atoms with E-state index in [9.17, 15) is 49.0 Å². The van der Waals surface area contributed by atoms with E-state index in [1.807, 2.05) is 41.5 Å². The lowest BCUT2D eigenvalue weighted by molar-refractivity contribution is -0.386. The first-order chi connectivity index (χ1) is 46.8. The number of esters is 3. The number of nitrogen functional groups attached to an aromatic ring is 2. The van der Waals surface area contributed by atoms with Gasteiger partial charge in [-0.3, -0.25) is 29.8 Å². The maximum absolute atomic E-state index is 13.0. The summed E-state index contributed by atoms with van der Waals surface area (Å²) < 4.78 is 48.3. The van der Waals surface area contributed by atoms with E-state index in [1.165, 1.54) is 66.8 Å².